The van der Waals surface area contributed by atoms with Gasteiger partial charge in [0.25, 0.3) is 0 Å². The molecular formula is C14H17ClN2O3S. The third kappa shape index (κ3) is 3.95. The lowest BCUT2D eigenvalue weighted by Crippen LogP contribution is -2.45. The molecule has 0 saturated carbocycles. The van der Waals surface area contributed by atoms with Crippen molar-refractivity contribution in [3.8, 4) is 6.07 Å². The molecule has 1 atom stereocenters. The molecular weight excluding hydrogens is 312 g/mol. The Morgan fingerprint density at radius 1 is 1.48 bits per heavy atom. The molecule has 1 unspecified atom stereocenters. The molecule has 0 spiro atoms. The van der Waals surface area contributed by atoms with Gasteiger partial charge in [-0.1, -0.05) is 11.6 Å². The van der Waals surface area contributed by atoms with Crippen molar-refractivity contribution in [3.63, 3.8) is 0 Å². The van der Waals surface area contributed by atoms with Crippen LogP contribution in [-0.2, 0) is 14.8 Å². The largest absolute Gasteiger partial charge is 0.375 e. The lowest BCUT2D eigenvalue weighted by atomic mass is 9.95. The first-order valence-corrected chi connectivity index (χ1v) is 8.45. The molecule has 7 heteroatoms. The van der Waals surface area contributed by atoms with Crippen molar-refractivity contribution in [2.24, 2.45) is 0 Å². The summed E-state index contributed by atoms with van der Waals surface area (Å²) in [6.45, 7) is 4.40. The van der Waals surface area contributed by atoms with Gasteiger partial charge in [0, 0.05) is 12.6 Å². The molecule has 0 radical (unpaired) electrons. The highest BCUT2D eigenvalue weighted by atomic mass is 35.5. The molecule has 5 nitrogen and oxygen atoms in total. The average molecular weight is 329 g/mol. The van der Waals surface area contributed by atoms with Crippen LogP contribution in [0, 0.1) is 11.3 Å². The lowest BCUT2D eigenvalue weighted by molar-refractivity contribution is -0.0599. The number of nitrogens with one attached hydrogen (secondary N) is 1. The SMILES string of the molecule is CC1(C)CC(NS(=O)(=O)c2ccc(C#N)c(Cl)c2)CCO1. The van der Waals surface area contributed by atoms with Crippen molar-refractivity contribution in [1.29, 1.82) is 5.26 Å². The Kier molecular flexibility index (Phi) is 4.59. The molecule has 1 N–H and O–H groups in total. The van der Waals surface area contributed by atoms with E-state index in [1.54, 1.807) is 0 Å². The summed E-state index contributed by atoms with van der Waals surface area (Å²) in [6, 6.07) is 5.82. The van der Waals surface area contributed by atoms with Gasteiger partial charge in [-0.2, -0.15) is 5.26 Å². The maximum absolute atomic E-state index is 12.4. The first-order valence-electron chi connectivity index (χ1n) is 6.59. The van der Waals surface area contributed by atoms with Crippen LogP contribution >= 0.6 is 11.6 Å². The average Bonchev–Trinajstić information content (AvgIpc) is 2.36. The summed E-state index contributed by atoms with van der Waals surface area (Å²) in [7, 11) is -3.66. The van der Waals surface area contributed by atoms with E-state index in [-0.39, 0.29) is 27.1 Å². The summed E-state index contributed by atoms with van der Waals surface area (Å²) in [5.41, 5.74) is -0.0869. The van der Waals surface area contributed by atoms with E-state index in [2.05, 4.69) is 4.72 Å². The van der Waals surface area contributed by atoms with Gasteiger partial charge in [0.1, 0.15) is 6.07 Å². The van der Waals surface area contributed by atoms with E-state index < -0.39 is 10.0 Å². The lowest BCUT2D eigenvalue weighted by Gasteiger charge is -2.35. The molecule has 1 heterocycles. The standard InChI is InChI=1S/C14H17ClN2O3S/c1-14(2)8-11(5-6-20-14)17-21(18,19)12-4-3-10(9-16)13(15)7-12/h3-4,7,11,17H,5-6,8H2,1-2H3. The molecule has 21 heavy (non-hydrogen) atoms. The van der Waals surface area contributed by atoms with E-state index in [0.29, 0.717) is 19.4 Å². The van der Waals surface area contributed by atoms with Crippen LogP contribution in [0.1, 0.15) is 32.3 Å². The summed E-state index contributed by atoms with van der Waals surface area (Å²) in [5.74, 6) is 0. The van der Waals surface area contributed by atoms with Crippen molar-refractivity contribution in [3.05, 3.63) is 28.8 Å². The monoisotopic (exact) mass is 328 g/mol. The number of halogens is 1. The molecule has 0 amide bonds. The number of rotatable bonds is 3. The van der Waals surface area contributed by atoms with Gasteiger partial charge in [-0.3, -0.25) is 0 Å². The fourth-order valence-electron chi connectivity index (χ4n) is 2.37. The Morgan fingerprint density at radius 2 is 2.19 bits per heavy atom. The van der Waals surface area contributed by atoms with Gasteiger partial charge in [-0.05, 0) is 44.9 Å². The number of nitriles is 1. The predicted molar refractivity (Wildman–Crippen MR) is 79.5 cm³/mol. The molecule has 1 aromatic rings. The summed E-state index contributed by atoms with van der Waals surface area (Å²) in [4.78, 5) is 0.0656. The van der Waals surface area contributed by atoms with Crippen molar-refractivity contribution in [2.45, 2.75) is 43.2 Å². The van der Waals surface area contributed by atoms with Crippen LogP contribution in [0.25, 0.3) is 0 Å². The van der Waals surface area contributed by atoms with Crippen LogP contribution in [0.2, 0.25) is 5.02 Å². The molecule has 0 aliphatic carbocycles. The highest BCUT2D eigenvalue weighted by molar-refractivity contribution is 7.89. The van der Waals surface area contributed by atoms with Crippen molar-refractivity contribution in [1.82, 2.24) is 4.72 Å². The van der Waals surface area contributed by atoms with Crippen molar-refractivity contribution >= 4 is 21.6 Å². The van der Waals surface area contributed by atoms with Gasteiger partial charge in [0.2, 0.25) is 10.0 Å². The van der Waals surface area contributed by atoms with Gasteiger partial charge in [-0.25, -0.2) is 13.1 Å². The normalized spacial score (nSPS) is 21.7. The molecule has 2 rings (SSSR count). The third-order valence-electron chi connectivity index (χ3n) is 3.39. The smallest absolute Gasteiger partial charge is 0.240 e. The zero-order valence-corrected chi connectivity index (χ0v) is 13.5. The quantitative estimate of drug-likeness (QED) is 0.924. The first kappa shape index (κ1) is 16.2. The zero-order valence-electron chi connectivity index (χ0n) is 11.9. The Labute approximate surface area is 129 Å². The number of hydrogen-bond donors (Lipinski definition) is 1. The maximum atomic E-state index is 12.4. The number of benzene rings is 1. The van der Waals surface area contributed by atoms with E-state index >= 15 is 0 Å². The molecule has 114 valence electrons. The van der Waals surface area contributed by atoms with Gasteiger partial charge in [0.05, 0.1) is 21.1 Å². The third-order valence-corrected chi connectivity index (χ3v) is 5.22. The van der Waals surface area contributed by atoms with Gasteiger partial charge < -0.3 is 4.74 Å². The number of ether oxygens (including phenoxy) is 1. The molecule has 0 aromatic heterocycles. The van der Waals surface area contributed by atoms with Crippen LogP contribution in [0.5, 0.6) is 0 Å². The Bertz CT molecular complexity index is 680. The summed E-state index contributed by atoms with van der Waals surface area (Å²) < 4.78 is 33.0. The Morgan fingerprint density at radius 3 is 2.76 bits per heavy atom. The summed E-state index contributed by atoms with van der Waals surface area (Å²) in [6.07, 6.45) is 1.24. The minimum absolute atomic E-state index is 0.0656. The van der Waals surface area contributed by atoms with Crippen LogP contribution in [0.3, 0.4) is 0 Å². The van der Waals surface area contributed by atoms with Crippen molar-refractivity contribution in [2.75, 3.05) is 6.61 Å². The fourth-order valence-corrected chi connectivity index (χ4v) is 3.96. The van der Waals surface area contributed by atoms with E-state index in [9.17, 15) is 8.42 Å². The summed E-state index contributed by atoms with van der Waals surface area (Å²) in [5, 5.41) is 8.95. The highest BCUT2D eigenvalue weighted by Crippen LogP contribution is 2.26. The first-order chi connectivity index (χ1) is 9.73. The van der Waals surface area contributed by atoms with Crippen molar-refractivity contribution < 1.29 is 13.2 Å². The van der Waals surface area contributed by atoms with E-state index in [0.717, 1.165) is 0 Å². The topological polar surface area (TPSA) is 79.2 Å². The van der Waals surface area contributed by atoms with Crippen LogP contribution in [-0.4, -0.2) is 26.7 Å². The van der Waals surface area contributed by atoms with E-state index in [4.69, 9.17) is 21.6 Å². The number of hydrogen-bond acceptors (Lipinski definition) is 4. The second kappa shape index (κ2) is 5.93. The van der Waals surface area contributed by atoms with Gasteiger partial charge >= 0.3 is 0 Å². The van der Waals surface area contributed by atoms with Crippen LogP contribution < -0.4 is 4.72 Å². The molecule has 1 aromatic carbocycles. The number of sulfonamides is 1. The maximum Gasteiger partial charge on any atom is 0.240 e. The Hall–Kier alpha value is -1.13. The molecule has 1 fully saturated rings. The van der Waals surface area contributed by atoms with Crippen LogP contribution in [0.15, 0.2) is 23.1 Å². The second-order valence-corrected chi connectivity index (χ2v) is 7.79. The number of nitrogens with zero attached hydrogens (tertiary/aromatic N) is 1. The van der Waals surface area contributed by atoms with Gasteiger partial charge in [-0.15, -0.1) is 0 Å². The Balaban J connectivity index is 2.19. The minimum atomic E-state index is -3.66. The minimum Gasteiger partial charge on any atom is -0.375 e. The van der Waals surface area contributed by atoms with E-state index in [1.165, 1.54) is 18.2 Å². The van der Waals surface area contributed by atoms with E-state index in [1.807, 2.05) is 19.9 Å². The molecule has 1 saturated heterocycles. The zero-order chi connectivity index (χ0) is 15.7. The fraction of sp³-hybridized carbons (Fsp3) is 0.500. The molecule has 1 aliphatic rings. The molecule has 1 aliphatic heterocycles. The van der Waals surface area contributed by atoms with Crippen LogP contribution in [0.4, 0.5) is 0 Å². The van der Waals surface area contributed by atoms with Gasteiger partial charge in [0.15, 0.2) is 0 Å². The highest BCUT2D eigenvalue weighted by Gasteiger charge is 2.31. The molecule has 0 bridgehead atoms. The summed E-state index contributed by atoms with van der Waals surface area (Å²) >= 11 is 5.89. The second-order valence-electron chi connectivity index (χ2n) is 5.67. The predicted octanol–water partition coefficient (Wildman–Crippen LogP) is 2.45.